The molecule has 1 aromatic heterocycles. The van der Waals surface area contributed by atoms with E-state index in [4.69, 9.17) is 0 Å². The zero-order valence-corrected chi connectivity index (χ0v) is 6.75. The van der Waals surface area contributed by atoms with Crippen LogP contribution in [0.25, 0.3) is 0 Å². The average Bonchev–Trinajstić information content (AvgIpc) is 1.59. The van der Waals surface area contributed by atoms with E-state index >= 15 is 0 Å². The van der Waals surface area contributed by atoms with Gasteiger partial charge < -0.3 is 0 Å². The van der Waals surface area contributed by atoms with Crippen LogP contribution in [0.4, 0.5) is 0 Å². The standard InChI is InChI=1S/H3N3O3P3/c4-7-1-8(5)3-9(6)2-7/h(H3,1,2,3,4,5,6)/q+3. The van der Waals surface area contributed by atoms with Gasteiger partial charge in [0.1, 0.15) is 0 Å². The van der Waals surface area contributed by atoms with Gasteiger partial charge >= 0.3 is 23.2 Å². The van der Waals surface area contributed by atoms with Gasteiger partial charge in [0, 0.05) is 0 Å². The SMILES string of the molecule is O=[p+]1[nH][p+](=O)[nH][p+](=O)[nH]1. The molecule has 9 heteroatoms. The van der Waals surface area contributed by atoms with Gasteiger partial charge in [0.25, 0.3) is 0 Å². The third kappa shape index (κ3) is 1.83. The molecule has 0 aliphatic rings. The highest BCUT2D eigenvalue weighted by molar-refractivity contribution is 7.50. The number of nitrogens with one attached hydrogen (secondary N) is 3. The molecule has 0 spiro atoms. The van der Waals surface area contributed by atoms with Gasteiger partial charge in [-0.3, -0.25) is 0 Å². The summed E-state index contributed by atoms with van der Waals surface area (Å²) in [5.41, 5.74) is 0. The summed E-state index contributed by atoms with van der Waals surface area (Å²) in [5.74, 6) is 0. The minimum Gasteiger partial charge on any atom is -0.00362 e. The highest BCUT2D eigenvalue weighted by atomic mass is 31.2. The molecule has 0 unspecified atom stereocenters. The Labute approximate surface area is 51.3 Å². The summed E-state index contributed by atoms with van der Waals surface area (Å²) < 4.78 is 37.6. The Morgan fingerprint density at radius 2 is 0.889 bits per heavy atom. The summed E-state index contributed by atoms with van der Waals surface area (Å²) in [6.07, 6.45) is 0. The Balaban J connectivity index is 3.72. The van der Waals surface area contributed by atoms with Gasteiger partial charge in [0.2, 0.25) is 0 Å². The van der Waals surface area contributed by atoms with Gasteiger partial charge in [0.15, 0.2) is 0 Å². The van der Waals surface area contributed by atoms with Crippen molar-refractivity contribution in [2.45, 2.75) is 0 Å². The van der Waals surface area contributed by atoms with Crippen molar-refractivity contribution >= 4 is 23.2 Å². The first-order chi connectivity index (χ1) is 4.18. The summed E-state index contributed by atoms with van der Waals surface area (Å²) in [5, 5.41) is 0. The molecule has 0 saturated carbocycles. The predicted molar refractivity (Wildman–Crippen MR) is 32.3 cm³/mol. The fraction of sp³-hybridized carbons (Fsp3) is 0. The molecule has 3 N–H and O–H groups in total. The van der Waals surface area contributed by atoms with Crippen LogP contribution in [0.5, 0.6) is 0 Å². The first kappa shape index (κ1) is 6.81. The number of aromatic amines is 3. The summed E-state index contributed by atoms with van der Waals surface area (Å²) in [4.78, 5) is 0. The number of H-pyrrole nitrogens is 3. The highest BCUT2D eigenvalue weighted by Gasteiger charge is 2.17. The fourth-order valence-corrected chi connectivity index (χ4v) is 4.04. The van der Waals surface area contributed by atoms with Crippen molar-refractivity contribution in [3.05, 3.63) is 0 Å². The van der Waals surface area contributed by atoms with E-state index in [2.05, 4.69) is 13.5 Å². The van der Waals surface area contributed by atoms with Crippen LogP contribution in [0.15, 0.2) is 0 Å². The Hall–Kier alpha value is -0.300. The minimum absolute atomic E-state index is 1.95. The molecule has 0 aromatic carbocycles. The third-order valence-corrected chi connectivity index (χ3v) is 4.90. The second-order valence-corrected chi connectivity index (χ2v) is 5.35. The summed E-state index contributed by atoms with van der Waals surface area (Å²) in [6.45, 7) is 0. The van der Waals surface area contributed by atoms with Crippen molar-refractivity contribution < 1.29 is 13.7 Å². The average molecular weight is 186 g/mol. The van der Waals surface area contributed by atoms with Crippen molar-refractivity contribution in [2.75, 3.05) is 0 Å². The number of rotatable bonds is 0. The normalized spacial score (nSPS) is 15.3. The first-order valence-corrected chi connectivity index (χ1v) is 5.67. The van der Waals surface area contributed by atoms with E-state index in [1.165, 1.54) is 0 Å². The number of hydrogen-bond donors (Lipinski definition) is 3. The lowest BCUT2D eigenvalue weighted by Crippen LogP contribution is -1.59. The topological polar surface area (TPSA) is 98.6 Å². The monoisotopic (exact) mass is 186 g/mol. The van der Waals surface area contributed by atoms with Gasteiger partial charge in [-0.2, -0.15) is 0 Å². The van der Waals surface area contributed by atoms with Crippen LogP contribution in [0, 0.1) is 0 Å². The van der Waals surface area contributed by atoms with Crippen molar-refractivity contribution in [1.29, 1.82) is 0 Å². The van der Waals surface area contributed by atoms with Crippen molar-refractivity contribution in [3.63, 3.8) is 0 Å². The largest absolute Gasteiger partial charge is 0.669 e. The Kier molecular flexibility index (Phi) is 1.91. The Bertz CT molecular complexity index is 277. The maximum atomic E-state index is 10.4. The second kappa shape index (κ2) is 2.53. The lowest BCUT2D eigenvalue weighted by atomic mass is 13.9. The summed E-state index contributed by atoms with van der Waals surface area (Å²) in [7, 11) is -5.85. The molecule has 0 atom stereocenters. The molecule has 0 aliphatic carbocycles. The third-order valence-electron chi connectivity index (χ3n) is 0.545. The van der Waals surface area contributed by atoms with Crippen LogP contribution in [0.3, 0.4) is 0 Å². The van der Waals surface area contributed by atoms with E-state index in [0.29, 0.717) is 0 Å². The molecule has 1 heterocycles. The highest BCUT2D eigenvalue weighted by Crippen LogP contribution is 2.16. The van der Waals surface area contributed by atoms with Gasteiger partial charge in [0.05, 0.1) is 13.5 Å². The fourth-order valence-electron chi connectivity index (χ4n) is 0.315. The molecule has 48 valence electrons. The first-order valence-electron chi connectivity index (χ1n) is 1.89. The van der Waals surface area contributed by atoms with E-state index in [1.807, 2.05) is 0 Å². The van der Waals surface area contributed by atoms with Crippen molar-refractivity contribution in [2.24, 2.45) is 0 Å². The van der Waals surface area contributed by atoms with Gasteiger partial charge in [-0.05, 0) is 13.7 Å². The maximum Gasteiger partial charge on any atom is 0.669 e. The van der Waals surface area contributed by atoms with Gasteiger partial charge in [-0.1, -0.05) is 0 Å². The quantitative estimate of drug-likeness (QED) is 0.576. The van der Waals surface area contributed by atoms with Crippen LogP contribution < -0.4 is 0 Å². The van der Waals surface area contributed by atoms with E-state index in [-0.39, 0.29) is 0 Å². The molecule has 0 aliphatic heterocycles. The number of aromatic nitrogens is 3. The smallest absolute Gasteiger partial charge is 0.00362 e. The molecule has 0 saturated heterocycles. The zero-order valence-electron chi connectivity index (χ0n) is 4.07. The molecule has 0 bridgehead atoms. The molecule has 0 fully saturated rings. The molecule has 0 radical (unpaired) electrons. The van der Waals surface area contributed by atoms with E-state index in [1.54, 1.807) is 0 Å². The Morgan fingerprint density at radius 3 is 1.11 bits per heavy atom. The molecule has 6 nitrogen and oxygen atoms in total. The Morgan fingerprint density at radius 1 is 0.667 bits per heavy atom. The zero-order chi connectivity index (χ0) is 6.85. The molecule has 1 rings (SSSR count). The lowest BCUT2D eigenvalue weighted by Gasteiger charge is -1.45. The van der Waals surface area contributed by atoms with Crippen LogP contribution in [-0.2, 0) is 13.7 Å². The molecule has 1 aromatic rings. The molecular formula is H3N3O3P3+3. The van der Waals surface area contributed by atoms with Crippen LogP contribution >= 0.6 is 23.2 Å². The lowest BCUT2D eigenvalue weighted by molar-refractivity contribution is 0.582. The minimum atomic E-state index is -1.95. The van der Waals surface area contributed by atoms with Gasteiger partial charge in [-0.25, -0.2) is 0 Å². The van der Waals surface area contributed by atoms with E-state index in [0.717, 1.165) is 0 Å². The second-order valence-electron chi connectivity index (χ2n) is 1.18. The van der Waals surface area contributed by atoms with Crippen LogP contribution in [-0.4, -0.2) is 13.5 Å². The summed E-state index contributed by atoms with van der Waals surface area (Å²) >= 11 is 0. The van der Waals surface area contributed by atoms with Crippen molar-refractivity contribution in [1.82, 2.24) is 13.5 Å². The van der Waals surface area contributed by atoms with Crippen LogP contribution in [0.2, 0.25) is 0 Å². The number of hydrogen-bond acceptors (Lipinski definition) is 3. The van der Waals surface area contributed by atoms with E-state index in [9.17, 15) is 13.7 Å². The molecule has 0 amide bonds. The summed E-state index contributed by atoms with van der Waals surface area (Å²) in [6, 6.07) is 0. The van der Waals surface area contributed by atoms with Crippen molar-refractivity contribution in [3.8, 4) is 0 Å². The molecule has 9 heavy (non-hydrogen) atoms. The molecular weight excluding hydrogens is 183 g/mol. The predicted octanol–water partition coefficient (Wildman–Crippen LogP) is 1.90. The van der Waals surface area contributed by atoms with E-state index < -0.39 is 23.2 Å². The maximum absolute atomic E-state index is 10.4. The van der Waals surface area contributed by atoms with Gasteiger partial charge in [-0.15, -0.1) is 0 Å². The van der Waals surface area contributed by atoms with Crippen LogP contribution in [0.1, 0.15) is 0 Å².